The van der Waals surface area contributed by atoms with Crippen molar-refractivity contribution < 1.29 is 14.3 Å². The molecule has 1 N–H and O–H groups in total. The monoisotopic (exact) mass is 328 g/mol. The van der Waals surface area contributed by atoms with Crippen LogP contribution in [0.1, 0.15) is 18.5 Å². The number of benzene rings is 2. The highest BCUT2D eigenvalue weighted by atomic mass is 16.6. The molecule has 0 saturated carbocycles. The van der Waals surface area contributed by atoms with Gasteiger partial charge in [0.2, 0.25) is 0 Å². The average Bonchev–Trinajstić information content (AvgIpc) is 2.57. The molecule has 1 unspecified atom stereocenters. The average molecular weight is 328 g/mol. The minimum Gasteiger partial charge on any atom is -0.494 e. The molecular formula is C19H24N2O3. The van der Waals surface area contributed by atoms with Gasteiger partial charge in [-0.3, -0.25) is 0 Å². The van der Waals surface area contributed by atoms with Gasteiger partial charge in [-0.25, -0.2) is 4.79 Å². The number of carbonyl (C=O) groups excluding carboxylic acids is 1. The van der Waals surface area contributed by atoms with Gasteiger partial charge in [0, 0.05) is 6.54 Å². The maximum atomic E-state index is 11.9. The highest BCUT2D eigenvalue weighted by Gasteiger charge is 2.16. The molecule has 128 valence electrons. The predicted molar refractivity (Wildman–Crippen MR) is 94.5 cm³/mol. The molecule has 0 saturated heterocycles. The molecule has 0 aromatic heterocycles. The quantitative estimate of drug-likeness (QED) is 0.845. The molecule has 0 bridgehead atoms. The summed E-state index contributed by atoms with van der Waals surface area (Å²) < 4.78 is 10.7. The number of para-hydroxylation sites is 1. The van der Waals surface area contributed by atoms with Crippen LogP contribution in [0.5, 0.6) is 11.5 Å². The van der Waals surface area contributed by atoms with Crippen LogP contribution in [0.2, 0.25) is 0 Å². The standard InChI is InChI=1S/C19H24N2O3/c1-4-23-16-12-10-15(11-13-16)18(21(2)3)14-20-19(22)24-17-8-6-5-7-9-17/h5-13,18H,4,14H2,1-3H3,(H,20,22). The second-order valence-electron chi connectivity index (χ2n) is 5.56. The van der Waals surface area contributed by atoms with E-state index in [1.165, 1.54) is 0 Å². The van der Waals surface area contributed by atoms with Crippen LogP contribution in [0.15, 0.2) is 54.6 Å². The van der Waals surface area contributed by atoms with E-state index >= 15 is 0 Å². The summed E-state index contributed by atoms with van der Waals surface area (Å²) in [7, 11) is 3.96. The number of likely N-dealkylation sites (N-methyl/N-ethyl adjacent to an activating group) is 1. The number of hydrogen-bond acceptors (Lipinski definition) is 4. The lowest BCUT2D eigenvalue weighted by Gasteiger charge is -2.25. The van der Waals surface area contributed by atoms with E-state index in [1.807, 2.05) is 63.5 Å². The molecule has 24 heavy (non-hydrogen) atoms. The second kappa shape index (κ2) is 8.93. The van der Waals surface area contributed by atoms with Crippen LogP contribution in [0.4, 0.5) is 4.79 Å². The largest absolute Gasteiger partial charge is 0.494 e. The van der Waals surface area contributed by atoms with Crippen LogP contribution < -0.4 is 14.8 Å². The van der Waals surface area contributed by atoms with Gasteiger partial charge >= 0.3 is 6.09 Å². The van der Waals surface area contributed by atoms with E-state index in [4.69, 9.17) is 9.47 Å². The molecule has 5 heteroatoms. The van der Waals surface area contributed by atoms with Crippen LogP contribution in [0, 0.1) is 0 Å². The maximum absolute atomic E-state index is 11.9. The Balaban J connectivity index is 1.94. The van der Waals surface area contributed by atoms with E-state index in [0.717, 1.165) is 11.3 Å². The first kappa shape index (κ1) is 17.8. The Labute approximate surface area is 143 Å². The van der Waals surface area contributed by atoms with Gasteiger partial charge in [-0.05, 0) is 50.8 Å². The summed E-state index contributed by atoms with van der Waals surface area (Å²) in [6, 6.07) is 17.0. The Bertz CT molecular complexity index is 627. The van der Waals surface area contributed by atoms with Gasteiger partial charge in [0.15, 0.2) is 0 Å². The minimum absolute atomic E-state index is 0.0454. The fourth-order valence-corrected chi connectivity index (χ4v) is 2.36. The third-order valence-corrected chi connectivity index (χ3v) is 3.59. The fraction of sp³-hybridized carbons (Fsp3) is 0.316. The van der Waals surface area contributed by atoms with E-state index in [0.29, 0.717) is 18.9 Å². The van der Waals surface area contributed by atoms with E-state index in [1.54, 1.807) is 12.1 Å². The number of rotatable bonds is 7. The maximum Gasteiger partial charge on any atom is 0.412 e. The Kier molecular flexibility index (Phi) is 6.63. The summed E-state index contributed by atoms with van der Waals surface area (Å²) >= 11 is 0. The molecule has 0 radical (unpaired) electrons. The van der Waals surface area contributed by atoms with Gasteiger partial charge in [-0.1, -0.05) is 30.3 Å². The van der Waals surface area contributed by atoms with Crippen molar-refractivity contribution in [1.82, 2.24) is 10.2 Å². The Morgan fingerprint density at radius 2 is 1.71 bits per heavy atom. The smallest absolute Gasteiger partial charge is 0.412 e. The summed E-state index contributed by atoms with van der Waals surface area (Å²) in [5, 5.41) is 2.82. The first-order valence-electron chi connectivity index (χ1n) is 8.00. The zero-order valence-electron chi connectivity index (χ0n) is 14.4. The van der Waals surface area contributed by atoms with Crippen molar-refractivity contribution in [2.45, 2.75) is 13.0 Å². The minimum atomic E-state index is -0.459. The molecule has 0 heterocycles. The van der Waals surface area contributed by atoms with Crippen LogP contribution in [0.25, 0.3) is 0 Å². The van der Waals surface area contributed by atoms with Crippen molar-refractivity contribution in [1.29, 1.82) is 0 Å². The number of hydrogen-bond donors (Lipinski definition) is 1. The normalized spacial score (nSPS) is 11.8. The number of amides is 1. The molecule has 0 fully saturated rings. The predicted octanol–water partition coefficient (Wildman–Crippen LogP) is 3.48. The van der Waals surface area contributed by atoms with E-state index in [9.17, 15) is 4.79 Å². The third kappa shape index (κ3) is 5.28. The van der Waals surface area contributed by atoms with Gasteiger partial charge < -0.3 is 19.7 Å². The Hall–Kier alpha value is -2.53. The van der Waals surface area contributed by atoms with Crippen molar-refractivity contribution in [2.24, 2.45) is 0 Å². The van der Waals surface area contributed by atoms with Crippen molar-refractivity contribution >= 4 is 6.09 Å². The molecule has 2 aromatic carbocycles. The molecule has 0 aliphatic rings. The van der Waals surface area contributed by atoms with Crippen LogP contribution >= 0.6 is 0 Å². The summed E-state index contributed by atoms with van der Waals surface area (Å²) in [5.41, 5.74) is 1.10. The van der Waals surface area contributed by atoms with Crippen molar-refractivity contribution in [3.8, 4) is 11.5 Å². The summed E-state index contributed by atoms with van der Waals surface area (Å²) in [4.78, 5) is 14.0. The second-order valence-corrected chi connectivity index (χ2v) is 5.56. The highest BCUT2D eigenvalue weighted by Crippen LogP contribution is 2.21. The van der Waals surface area contributed by atoms with E-state index in [2.05, 4.69) is 10.2 Å². The zero-order valence-corrected chi connectivity index (χ0v) is 14.4. The SMILES string of the molecule is CCOc1ccc(C(CNC(=O)Oc2ccccc2)N(C)C)cc1. The van der Waals surface area contributed by atoms with Crippen LogP contribution in [0.3, 0.4) is 0 Å². The number of ether oxygens (including phenoxy) is 2. The number of carbonyl (C=O) groups is 1. The lowest BCUT2D eigenvalue weighted by molar-refractivity contribution is 0.194. The van der Waals surface area contributed by atoms with E-state index < -0.39 is 6.09 Å². The third-order valence-electron chi connectivity index (χ3n) is 3.59. The molecule has 2 aromatic rings. The van der Waals surface area contributed by atoms with Crippen LogP contribution in [-0.4, -0.2) is 38.2 Å². The first-order chi connectivity index (χ1) is 11.6. The lowest BCUT2D eigenvalue weighted by atomic mass is 10.1. The summed E-state index contributed by atoms with van der Waals surface area (Å²) in [6.07, 6.45) is -0.459. The fourth-order valence-electron chi connectivity index (χ4n) is 2.36. The molecule has 1 atom stereocenters. The molecule has 2 rings (SSSR count). The molecule has 5 nitrogen and oxygen atoms in total. The van der Waals surface area contributed by atoms with Crippen molar-refractivity contribution in [3.63, 3.8) is 0 Å². The van der Waals surface area contributed by atoms with Crippen molar-refractivity contribution in [3.05, 3.63) is 60.2 Å². The van der Waals surface area contributed by atoms with Gasteiger partial charge in [-0.2, -0.15) is 0 Å². The molecule has 0 aliphatic heterocycles. The van der Waals surface area contributed by atoms with Crippen molar-refractivity contribution in [2.75, 3.05) is 27.2 Å². The Morgan fingerprint density at radius 1 is 1.04 bits per heavy atom. The molecular weight excluding hydrogens is 304 g/mol. The zero-order chi connectivity index (χ0) is 17.4. The summed E-state index contributed by atoms with van der Waals surface area (Å²) in [5.74, 6) is 1.37. The van der Waals surface area contributed by atoms with Gasteiger partial charge in [0.1, 0.15) is 11.5 Å². The number of nitrogens with zero attached hydrogens (tertiary/aromatic N) is 1. The summed E-state index contributed by atoms with van der Waals surface area (Å²) in [6.45, 7) is 3.05. The van der Waals surface area contributed by atoms with Gasteiger partial charge in [0.25, 0.3) is 0 Å². The van der Waals surface area contributed by atoms with E-state index in [-0.39, 0.29) is 6.04 Å². The van der Waals surface area contributed by atoms with Gasteiger partial charge in [-0.15, -0.1) is 0 Å². The molecule has 0 spiro atoms. The lowest BCUT2D eigenvalue weighted by Crippen LogP contribution is -2.36. The first-order valence-corrected chi connectivity index (χ1v) is 8.00. The highest BCUT2D eigenvalue weighted by molar-refractivity contribution is 5.70. The molecule has 1 amide bonds. The number of nitrogens with one attached hydrogen (secondary N) is 1. The Morgan fingerprint density at radius 3 is 2.29 bits per heavy atom. The van der Waals surface area contributed by atoms with Crippen LogP contribution in [-0.2, 0) is 0 Å². The molecule has 0 aliphatic carbocycles. The van der Waals surface area contributed by atoms with Gasteiger partial charge in [0.05, 0.1) is 12.6 Å². The topological polar surface area (TPSA) is 50.8 Å².